The molecular weight excluding hydrogens is 372 g/mol. The first kappa shape index (κ1) is 17.4. The first-order valence-electron chi connectivity index (χ1n) is 9.60. The summed E-state index contributed by atoms with van der Waals surface area (Å²) in [7, 11) is 1.90. The fourth-order valence-electron chi connectivity index (χ4n) is 4.62. The van der Waals surface area contributed by atoms with Crippen LogP contribution in [0.25, 0.3) is 11.4 Å². The second kappa shape index (κ2) is 6.74. The highest BCUT2D eigenvalue weighted by atomic mass is 32.1. The van der Waals surface area contributed by atoms with Gasteiger partial charge in [-0.15, -0.1) is 0 Å². The van der Waals surface area contributed by atoms with Gasteiger partial charge in [0.2, 0.25) is 5.91 Å². The van der Waals surface area contributed by atoms with Gasteiger partial charge in [-0.3, -0.25) is 9.59 Å². The maximum Gasteiger partial charge on any atom is 0.261 e. The minimum Gasteiger partial charge on any atom is -0.341 e. The lowest BCUT2D eigenvalue weighted by molar-refractivity contribution is -0.133. The summed E-state index contributed by atoms with van der Waals surface area (Å²) >= 11 is 1.62. The Morgan fingerprint density at radius 2 is 2.14 bits per heavy atom. The number of nitrogens with zero attached hydrogens (tertiary/aromatic N) is 4. The molecule has 2 aliphatic rings. The topological polar surface area (TPSA) is 60.1 Å². The fraction of sp³-hybridized carbons (Fsp3) is 0.381. The number of aromatic nitrogens is 3. The molecular formula is C21H22N4O2S. The molecule has 5 rings (SSSR count). The standard InChI is InChI=1S/C21H22N4O2S/c1-23-6-5-22-20(23)17-2-3-18-16-8-15(11-25(18)21(17)27)10-24(12-16)19(26)9-14-4-7-28-13-14/h2-7,13,15-16H,8-12H2,1H3/t15-,16+/m0/s1. The molecule has 0 radical (unpaired) electrons. The molecule has 0 aliphatic carbocycles. The molecule has 1 saturated heterocycles. The molecule has 2 aliphatic heterocycles. The Morgan fingerprint density at radius 1 is 1.25 bits per heavy atom. The molecule has 5 heterocycles. The zero-order chi connectivity index (χ0) is 19.3. The van der Waals surface area contributed by atoms with E-state index in [0.717, 1.165) is 24.2 Å². The van der Waals surface area contributed by atoms with Gasteiger partial charge in [0.1, 0.15) is 5.82 Å². The lowest BCUT2D eigenvalue weighted by Crippen LogP contribution is -2.49. The van der Waals surface area contributed by atoms with E-state index < -0.39 is 0 Å². The average Bonchev–Trinajstić information content (AvgIpc) is 3.34. The minimum absolute atomic E-state index is 0.0274. The van der Waals surface area contributed by atoms with E-state index in [1.165, 1.54) is 0 Å². The van der Waals surface area contributed by atoms with Gasteiger partial charge in [0.15, 0.2) is 0 Å². The molecule has 3 aromatic rings. The SMILES string of the molecule is Cn1ccnc1-c1ccc2n(c1=O)C[C@H]1C[C@@H]2CN(C(=O)Cc2ccsc2)C1. The molecule has 144 valence electrons. The largest absolute Gasteiger partial charge is 0.341 e. The number of likely N-dealkylation sites (tertiary alicyclic amines) is 1. The molecule has 3 aromatic heterocycles. The van der Waals surface area contributed by atoms with Gasteiger partial charge in [0.05, 0.1) is 12.0 Å². The maximum atomic E-state index is 13.2. The molecule has 6 nitrogen and oxygen atoms in total. The third-order valence-corrected chi connectivity index (χ3v) is 6.69. The summed E-state index contributed by atoms with van der Waals surface area (Å²) in [4.78, 5) is 32.3. The third-order valence-electron chi connectivity index (χ3n) is 5.95. The molecule has 1 amide bonds. The number of pyridine rings is 1. The van der Waals surface area contributed by atoms with E-state index in [1.807, 2.05) is 50.2 Å². The highest BCUT2D eigenvalue weighted by Gasteiger charge is 2.36. The smallest absolute Gasteiger partial charge is 0.261 e. The van der Waals surface area contributed by atoms with Gasteiger partial charge < -0.3 is 14.0 Å². The van der Waals surface area contributed by atoms with Crippen molar-refractivity contribution in [3.05, 3.63) is 63.0 Å². The number of rotatable bonds is 3. The average molecular weight is 395 g/mol. The molecule has 1 fully saturated rings. The summed E-state index contributed by atoms with van der Waals surface area (Å²) in [6.45, 7) is 2.10. The number of hydrogen-bond donors (Lipinski definition) is 0. The van der Waals surface area contributed by atoms with E-state index >= 15 is 0 Å². The van der Waals surface area contributed by atoms with Crippen molar-refractivity contribution < 1.29 is 4.79 Å². The van der Waals surface area contributed by atoms with Crippen LogP contribution in [0.3, 0.4) is 0 Å². The van der Waals surface area contributed by atoms with Crippen molar-refractivity contribution in [3.63, 3.8) is 0 Å². The molecule has 0 N–H and O–H groups in total. The lowest BCUT2D eigenvalue weighted by atomic mass is 9.82. The quantitative estimate of drug-likeness (QED) is 0.686. The van der Waals surface area contributed by atoms with Gasteiger partial charge in [-0.25, -0.2) is 4.98 Å². The summed E-state index contributed by atoms with van der Waals surface area (Å²) in [5.74, 6) is 1.44. The van der Waals surface area contributed by atoms with Gasteiger partial charge in [-0.05, 0) is 46.9 Å². The first-order chi connectivity index (χ1) is 13.6. The number of imidazole rings is 1. The lowest BCUT2D eigenvalue weighted by Gasteiger charge is -2.43. The Bertz CT molecular complexity index is 1080. The third kappa shape index (κ3) is 2.90. The summed E-state index contributed by atoms with van der Waals surface area (Å²) in [6, 6.07) is 5.96. The summed E-state index contributed by atoms with van der Waals surface area (Å²) in [5, 5.41) is 4.05. The van der Waals surface area contributed by atoms with Crippen molar-refractivity contribution in [2.45, 2.75) is 25.3 Å². The Morgan fingerprint density at radius 3 is 2.89 bits per heavy atom. The van der Waals surface area contributed by atoms with Gasteiger partial charge in [-0.2, -0.15) is 11.3 Å². The first-order valence-corrected chi connectivity index (χ1v) is 10.5. The van der Waals surface area contributed by atoms with Crippen LogP contribution in [0, 0.1) is 5.92 Å². The summed E-state index contributed by atoms with van der Waals surface area (Å²) < 4.78 is 3.79. The number of amides is 1. The van der Waals surface area contributed by atoms with Crippen LogP contribution in [0.5, 0.6) is 0 Å². The summed E-state index contributed by atoms with van der Waals surface area (Å²) in [5.41, 5.74) is 2.80. The number of aryl methyl sites for hydroxylation is 1. The molecule has 2 bridgehead atoms. The Balaban J connectivity index is 1.43. The van der Waals surface area contributed by atoms with Crippen molar-refractivity contribution >= 4 is 17.2 Å². The number of piperidine rings is 1. The van der Waals surface area contributed by atoms with E-state index in [-0.39, 0.29) is 17.4 Å². The van der Waals surface area contributed by atoms with Gasteiger partial charge in [0.25, 0.3) is 5.56 Å². The maximum absolute atomic E-state index is 13.2. The van der Waals surface area contributed by atoms with Gasteiger partial charge in [0, 0.05) is 50.7 Å². The molecule has 2 atom stereocenters. The van der Waals surface area contributed by atoms with Crippen molar-refractivity contribution in [1.82, 2.24) is 19.0 Å². The van der Waals surface area contributed by atoms with E-state index in [0.29, 0.717) is 36.8 Å². The van der Waals surface area contributed by atoms with Crippen LogP contribution in [-0.4, -0.2) is 38.0 Å². The molecule has 7 heteroatoms. The van der Waals surface area contributed by atoms with Crippen LogP contribution in [0.1, 0.15) is 23.6 Å². The number of carbonyl (C=O) groups excluding carboxylic acids is 1. The van der Waals surface area contributed by atoms with Crippen LogP contribution >= 0.6 is 11.3 Å². The van der Waals surface area contributed by atoms with Crippen molar-refractivity contribution in [2.24, 2.45) is 13.0 Å². The molecule has 0 saturated carbocycles. The second-order valence-corrected chi connectivity index (χ2v) is 8.64. The fourth-order valence-corrected chi connectivity index (χ4v) is 5.29. The van der Waals surface area contributed by atoms with Crippen LogP contribution in [0.2, 0.25) is 0 Å². The Kier molecular flexibility index (Phi) is 4.19. The van der Waals surface area contributed by atoms with Crippen LogP contribution in [0.15, 0.2) is 46.1 Å². The highest BCUT2D eigenvalue weighted by molar-refractivity contribution is 7.08. The highest BCUT2D eigenvalue weighted by Crippen LogP contribution is 2.36. The van der Waals surface area contributed by atoms with E-state index in [4.69, 9.17) is 0 Å². The van der Waals surface area contributed by atoms with Crippen LogP contribution in [0.4, 0.5) is 0 Å². The number of hydrogen-bond acceptors (Lipinski definition) is 4. The zero-order valence-electron chi connectivity index (χ0n) is 15.7. The van der Waals surface area contributed by atoms with Crippen LogP contribution in [-0.2, 0) is 24.8 Å². The predicted octanol–water partition coefficient (Wildman–Crippen LogP) is 2.50. The predicted molar refractivity (Wildman–Crippen MR) is 108 cm³/mol. The van der Waals surface area contributed by atoms with Crippen molar-refractivity contribution in [2.75, 3.05) is 13.1 Å². The molecule has 0 spiro atoms. The summed E-state index contributed by atoms with van der Waals surface area (Å²) in [6.07, 6.45) is 5.08. The van der Waals surface area contributed by atoms with E-state index in [1.54, 1.807) is 17.5 Å². The van der Waals surface area contributed by atoms with Crippen molar-refractivity contribution in [1.29, 1.82) is 0 Å². The number of carbonyl (C=O) groups is 1. The Labute approximate surface area is 167 Å². The normalized spacial score (nSPS) is 20.8. The van der Waals surface area contributed by atoms with Gasteiger partial charge in [-0.1, -0.05) is 0 Å². The monoisotopic (exact) mass is 394 g/mol. The van der Waals surface area contributed by atoms with E-state index in [9.17, 15) is 9.59 Å². The molecule has 0 aromatic carbocycles. The van der Waals surface area contributed by atoms with Crippen molar-refractivity contribution in [3.8, 4) is 11.4 Å². The van der Waals surface area contributed by atoms with E-state index in [2.05, 4.69) is 11.1 Å². The van der Waals surface area contributed by atoms with Crippen LogP contribution < -0.4 is 5.56 Å². The van der Waals surface area contributed by atoms with Gasteiger partial charge >= 0.3 is 0 Å². The second-order valence-electron chi connectivity index (χ2n) is 7.86. The zero-order valence-corrected chi connectivity index (χ0v) is 16.6. The minimum atomic E-state index is 0.0274. The number of thiophene rings is 1. The Hall–Kier alpha value is -2.67. The molecule has 28 heavy (non-hydrogen) atoms. The molecule has 0 unspecified atom stereocenters. The number of fused-ring (bicyclic) bond motifs is 4.